The first kappa shape index (κ1) is 17.5. The fourth-order valence-electron chi connectivity index (χ4n) is 4.40. The number of aromatic amines is 1. The van der Waals surface area contributed by atoms with Gasteiger partial charge in [-0.25, -0.2) is 9.78 Å². The van der Waals surface area contributed by atoms with Gasteiger partial charge in [0.05, 0.1) is 5.69 Å². The van der Waals surface area contributed by atoms with E-state index >= 15 is 0 Å². The highest BCUT2D eigenvalue weighted by molar-refractivity contribution is 6.04. The smallest absolute Gasteiger partial charge is 0.327 e. The van der Waals surface area contributed by atoms with Crippen LogP contribution in [0.25, 0.3) is 0 Å². The third kappa shape index (κ3) is 2.75. The molecule has 2 fully saturated rings. The molecule has 4 amide bonds. The Morgan fingerprint density at radius 1 is 1.22 bits per heavy atom. The second kappa shape index (κ2) is 6.07. The molecular weight excluding hydrogens is 352 g/mol. The predicted molar refractivity (Wildman–Crippen MR) is 94.8 cm³/mol. The molecule has 0 atom stereocenters. The van der Waals surface area contributed by atoms with Crippen molar-refractivity contribution in [3.63, 3.8) is 0 Å². The van der Waals surface area contributed by atoms with Crippen LogP contribution < -0.4 is 11.3 Å². The molecule has 2 saturated heterocycles. The third-order valence-corrected chi connectivity index (χ3v) is 5.99. The highest BCUT2D eigenvalue weighted by Gasteiger charge is 2.45. The molecule has 0 bridgehead atoms. The molecule has 0 radical (unpaired) electrons. The molecule has 1 aliphatic carbocycles. The van der Waals surface area contributed by atoms with Gasteiger partial charge in [0.2, 0.25) is 11.9 Å². The Hall–Kier alpha value is -2.91. The van der Waals surface area contributed by atoms with Gasteiger partial charge in [0, 0.05) is 31.1 Å². The zero-order chi connectivity index (χ0) is 19.3. The van der Waals surface area contributed by atoms with Gasteiger partial charge in [0.25, 0.3) is 11.5 Å². The number of likely N-dealkylation sites (N-methyl/N-ethyl adjacent to an activating group) is 1. The van der Waals surface area contributed by atoms with E-state index in [0.29, 0.717) is 37.9 Å². The number of hydrogen-bond acceptors (Lipinski definition) is 6. The molecule has 4 rings (SSSR count). The molecule has 3 N–H and O–H groups in total. The molecule has 144 valence electrons. The van der Waals surface area contributed by atoms with Crippen molar-refractivity contribution in [3.8, 4) is 0 Å². The summed E-state index contributed by atoms with van der Waals surface area (Å²) in [6.07, 6.45) is 2.85. The monoisotopic (exact) mass is 374 g/mol. The van der Waals surface area contributed by atoms with Crippen molar-refractivity contribution in [2.45, 2.75) is 31.1 Å². The largest absolute Gasteiger partial charge is 0.369 e. The molecule has 27 heavy (non-hydrogen) atoms. The number of urea groups is 1. The van der Waals surface area contributed by atoms with Gasteiger partial charge in [-0.2, -0.15) is 0 Å². The molecule has 3 heterocycles. The van der Waals surface area contributed by atoms with E-state index in [4.69, 9.17) is 5.73 Å². The summed E-state index contributed by atoms with van der Waals surface area (Å²) in [6, 6.07) is -0.439. The lowest BCUT2D eigenvalue weighted by Gasteiger charge is -2.39. The number of H-pyrrole nitrogens is 1. The van der Waals surface area contributed by atoms with E-state index in [0.717, 1.165) is 17.0 Å². The van der Waals surface area contributed by atoms with Gasteiger partial charge >= 0.3 is 6.03 Å². The van der Waals surface area contributed by atoms with E-state index in [2.05, 4.69) is 9.97 Å². The number of nitrogen functional groups attached to an aromatic ring is 1. The fourth-order valence-corrected chi connectivity index (χ4v) is 4.40. The van der Waals surface area contributed by atoms with Gasteiger partial charge < -0.3 is 15.5 Å². The van der Waals surface area contributed by atoms with E-state index < -0.39 is 6.03 Å². The van der Waals surface area contributed by atoms with Gasteiger partial charge in [-0.1, -0.05) is 0 Å². The quantitative estimate of drug-likeness (QED) is 0.642. The number of hydrogen-bond donors (Lipinski definition) is 2. The lowest BCUT2D eigenvalue weighted by atomic mass is 9.76. The summed E-state index contributed by atoms with van der Waals surface area (Å²) in [5.74, 6) is -0.472. The fraction of sp³-hybridized carbons (Fsp3) is 0.588. The van der Waals surface area contributed by atoms with Crippen molar-refractivity contribution in [2.75, 3.05) is 39.0 Å². The highest BCUT2D eigenvalue weighted by atomic mass is 16.2. The Bertz CT molecular complexity index is 886. The number of aromatic nitrogens is 2. The van der Waals surface area contributed by atoms with Gasteiger partial charge in [-0.3, -0.25) is 24.3 Å². The molecule has 0 saturated carbocycles. The number of rotatable bonds is 2. The van der Waals surface area contributed by atoms with Crippen LogP contribution in [0.4, 0.5) is 10.7 Å². The lowest BCUT2D eigenvalue weighted by molar-refractivity contribution is -0.137. The normalized spacial score (nSPS) is 21.3. The van der Waals surface area contributed by atoms with E-state index in [1.54, 1.807) is 4.90 Å². The van der Waals surface area contributed by atoms with Crippen LogP contribution in [0.3, 0.4) is 0 Å². The molecule has 1 aromatic rings. The summed E-state index contributed by atoms with van der Waals surface area (Å²) in [5, 5.41) is 0. The number of piperidine rings is 1. The van der Waals surface area contributed by atoms with Crippen molar-refractivity contribution in [1.82, 2.24) is 24.7 Å². The van der Waals surface area contributed by atoms with Crippen LogP contribution in [0, 0.1) is 0 Å². The molecule has 1 aromatic heterocycles. The van der Waals surface area contributed by atoms with E-state index in [1.807, 2.05) is 0 Å². The minimum Gasteiger partial charge on any atom is -0.369 e. The summed E-state index contributed by atoms with van der Waals surface area (Å²) >= 11 is 0. The molecule has 10 nitrogen and oxygen atoms in total. The van der Waals surface area contributed by atoms with Crippen molar-refractivity contribution in [2.24, 2.45) is 0 Å². The zero-order valence-electron chi connectivity index (χ0n) is 15.2. The minimum absolute atomic E-state index is 0.00759. The van der Waals surface area contributed by atoms with Crippen LogP contribution in [-0.2, 0) is 21.4 Å². The Morgan fingerprint density at radius 3 is 2.56 bits per heavy atom. The number of anilines is 1. The van der Waals surface area contributed by atoms with Crippen molar-refractivity contribution in [3.05, 3.63) is 21.6 Å². The van der Waals surface area contributed by atoms with Crippen LogP contribution in [-0.4, -0.2) is 75.7 Å². The van der Waals surface area contributed by atoms with E-state index in [9.17, 15) is 19.2 Å². The van der Waals surface area contributed by atoms with Gasteiger partial charge in [0.15, 0.2) is 0 Å². The third-order valence-electron chi connectivity index (χ3n) is 5.99. The summed E-state index contributed by atoms with van der Waals surface area (Å²) in [7, 11) is 1.54. The highest BCUT2D eigenvalue weighted by Crippen LogP contribution is 2.44. The van der Waals surface area contributed by atoms with Crippen LogP contribution in [0.2, 0.25) is 0 Å². The van der Waals surface area contributed by atoms with E-state index in [-0.39, 0.29) is 41.8 Å². The Kier molecular flexibility index (Phi) is 3.93. The van der Waals surface area contributed by atoms with Gasteiger partial charge in [-0.15, -0.1) is 0 Å². The predicted octanol–water partition coefficient (Wildman–Crippen LogP) is -0.947. The van der Waals surface area contributed by atoms with Crippen LogP contribution >= 0.6 is 0 Å². The van der Waals surface area contributed by atoms with Crippen LogP contribution in [0.15, 0.2) is 4.79 Å². The number of nitrogens with two attached hydrogens (primary N) is 1. The Balaban J connectivity index is 1.45. The average molecular weight is 374 g/mol. The summed E-state index contributed by atoms with van der Waals surface area (Å²) < 4.78 is 0. The van der Waals surface area contributed by atoms with Crippen molar-refractivity contribution >= 4 is 23.8 Å². The van der Waals surface area contributed by atoms with Crippen LogP contribution in [0.5, 0.6) is 0 Å². The second-order valence-electron chi connectivity index (χ2n) is 7.56. The zero-order valence-corrected chi connectivity index (χ0v) is 15.2. The van der Waals surface area contributed by atoms with Crippen LogP contribution in [0.1, 0.15) is 30.5 Å². The van der Waals surface area contributed by atoms with Crippen molar-refractivity contribution < 1.29 is 14.4 Å². The molecule has 2 aliphatic heterocycles. The molecule has 1 spiro atoms. The number of carbonyl (C=O) groups excluding carboxylic acids is 3. The van der Waals surface area contributed by atoms with Crippen molar-refractivity contribution in [1.29, 1.82) is 0 Å². The summed E-state index contributed by atoms with van der Waals surface area (Å²) in [4.78, 5) is 59.4. The summed E-state index contributed by atoms with van der Waals surface area (Å²) in [6.45, 7) is 0.779. The molecule has 0 aromatic carbocycles. The first-order valence-electron chi connectivity index (χ1n) is 9.03. The van der Waals surface area contributed by atoms with Gasteiger partial charge in [0.1, 0.15) is 13.1 Å². The maximum Gasteiger partial charge on any atom is 0.327 e. The SMILES string of the molecule is CN1CC(=O)N(CC(=O)N2CCC3(CCc4c3nc(N)[nH]c4=O)CC2)C1=O. The number of likely N-dealkylation sites (tertiary alicyclic amines) is 1. The topological polar surface area (TPSA) is 133 Å². The number of carbonyl (C=O) groups is 3. The number of fused-ring (bicyclic) bond motifs is 2. The molecule has 10 heteroatoms. The average Bonchev–Trinajstić information content (AvgIpc) is 3.08. The maximum atomic E-state index is 12.6. The summed E-state index contributed by atoms with van der Waals surface area (Å²) in [5.41, 5.74) is 6.78. The minimum atomic E-state index is -0.439. The Morgan fingerprint density at radius 2 is 1.93 bits per heavy atom. The Labute approximate surface area is 155 Å². The number of imide groups is 1. The number of nitrogens with one attached hydrogen (secondary N) is 1. The molecule has 3 aliphatic rings. The first-order valence-corrected chi connectivity index (χ1v) is 9.03. The molecule has 0 unspecified atom stereocenters. The maximum absolute atomic E-state index is 12.6. The standard InChI is InChI=1S/C17H22N6O4/c1-21-8-12(25)23(16(21)27)9-11(24)22-6-4-17(5-7-22)3-2-10-13(17)19-15(18)20-14(10)26/h2-9H2,1H3,(H3,18,19,20,26). The number of nitrogens with zero attached hydrogens (tertiary/aromatic N) is 4. The second-order valence-corrected chi connectivity index (χ2v) is 7.56. The number of amides is 4. The van der Waals surface area contributed by atoms with Gasteiger partial charge in [-0.05, 0) is 25.7 Å². The van der Waals surface area contributed by atoms with E-state index in [1.165, 1.54) is 11.9 Å². The first-order chi connectivity index (χ1) is 12.8. The lowest BCUT2D eigenvalue weighted by Crippen LogP contribution is -2.49. The molecular formula is C17H22N6O4.